The molecule has 0 aliphatic carbocycles. The molecule has 0 aliphatic heterocycles. The van der Waals surface area contributed by atoms with Crippen molar-refractivity contribution in [1.82, 2.24) is 0 Å². The largest absolute Gasteiger partial charge is 0.390 e. The molecule has 0 aromatic rings. The van der Waals surface area contributed by atoms with Crippen LogP contribution in [0.2, 0.25) is 0 Å². The summed E-state index contributed by atoms with van der Waals surface area (Å²) in [6.45, 7) is 1.87. The third kappa shape index (κ3) is 5.65. The van der Waals surface area contributed by atoms with E-state index < -0.39 is 48.1 Å². The lowest BCUT2D eigenvalue weighted by Gasteiger charge is -2.37. The highest BCUT2D eigenvalue weighted by molar-refractivity contribution is 5.03. The number of aliphatic hydroxyl groups excluding tert-OH is 1. The highest BCUT2D eigenvalue weighted by Crippen LogP contribution is 2.52. The molecule has 0 bridgehead atoms. The molecule has 0 heterocycles. The van der Waals surface area contributed by atoms with E-state index in [-0.39, 0.29) is 6.61 Å². The van der Waals surface area contributed by atoms with Crippen LogP contribution in [-0.4, -0.2) is 59.8 Å². The van der Waals surface area contributed by atoms with Gasteiger partial charge in [-0.25, -0.2) is 0 Å². The van der Waals surface area contributed by atoms with Crippen molar-refractivity contribution in [2.45, 2.75) is 69.5 Å². The summed E-state index contributed by atoms with van der Waals surface area (Å²) in [4.78, 5) is 0. The van der Waals surface area contributed by atoms with Gasteiger partial charge in [0, 0.05) is 0 Å². The maximum Gasteiger partial charge on any atom is 0.380 e. The van der Waals surface area contributed by atoms with E-state index in [1.165, 1.54) is 13.8 Å². The second-order valence-corrected chi connectivity index (χ2v) is 7.17. The molecule has 11 heteroatoms. The highest BCUT2D eigenvalue weighted by atomic mass is 19.4. The molecule has 3 nitrogen and oxygen atoms in total. The number of ether oxygens (including phenoxy) is 2. The van der Waals surface area contributed by atoms with E-state index in [0.717, 1.165) is 0 Å². The van der Waals surface area contributed by atoms with Gasteiger partial charge in [0.05, 0.1) is 17.8 Å². The summed E-state index contributed by atoms with van der Waals surface area (Å²) >= 11 is 0. The van der Waals surface area contributed by atoms with Crippen LogP contribution in [0.3, 0.4) is 0 Å². The molecule has 25 heavy (non-hydrogen) atoms. The summed E-state index contributed by atoms with van der Waals surface area (Å²) < 4.78 is 116. The number of aliphatic hydroxyl groups is 1. The summed E-state index contributed by atoms with van der Waals surface area (Å²) in [6.07, 6.45) is 0. The van der Waals surface area contributed by atoms with E-state index in [9.17, 15) is 35.1 Å². The number of rotatable bonds is 9. The summed E-state index contributed by atoms with van der Waals surface area (Å²) in [5.74, 6) is -24.3. The van der Waals surface area contributed by atoms with Gasteiger partial charge < -0.3 is 14.6 Å². The minimum atomic E-state index is -6.49. The lowest BCUT2D eigenvalue weighted by Crippen LogP contribution is -2.64. The van der Waals surface area contributed by atoms with E-state index in [2.05, 4.69) is 4.74 Å². The Hall–Kier alpha value is -0.680. The number of alkyl halides is 8. The van der Waals surface area contributed by atoms with Gasteiger partial charge >= 0.3 is 23.7 Å². The number of hydrogen-bond donors (Lipinski definition) is 1. The standard InChI is InChI=1S/C14H22F8O3/c1-9(2,3)24-7-10(4,5)25-8-12(17,18)14(21,22)13(19,20)11(15,16)6-23/h23H,6-8H2,1-5H3. The monoisotopic (exact) mass is 390 g/mol. The van der Waals surface area contributed by atoms with Gasteiger partial charge in [0.2, 0.25) is 0 Å². The Morgan fingerprint density at radius 2 is 1.04 bits per heavy atom. The van der Waals surface area contributed by atoms with Crippen molar-refractivity contribution in [3.05, 3.63) is 0 Å². The van der Waals surface area contributed by atoms with Crippen molar-refractivity contribution in [3.8, 4) is 0 Å². The van der Waals surface area contributed by atoms with Gasteiger partial charge in [0.15, 0.2) is 0 Å². The average molecular weight is 390 g/mol. The summed E-state index contributed by atoms with van der Waals surface area (Å²) in [6, 6.07) is 0. The molecule has 0 aromatic carbocycles. The fourth-order valence-corrected chi connectivity index (χ4v) is 1.37. The molecule has 0 amide bonds. The summed E-state index contributed by atoms with van der Waals surface area (Å²) in [5, 5.41) is 8.11. The molecular formula is C14H22F8O3. The quantitative estimate of drug-likeness (QED) is 0.602. The maximum atomic E-state index is 13.6. The molecule has 0 unspecified atom stereocenters. The Morgan fingerprint density at radius 3 is 1.40 bits per heavy atom. The lowest BCUT2D eigenvalue weighted by atomic mass is 9.99. The van der Waals surface area contributed by atoms with Gasteiger partial charge in [-0.05, 0) is 34.6 Å². The minimum absolute atomic E-state index is 0.346. The lowest BCUT2D eigenvalue weighted by molar-refractivity contribution is -0.378. The van der Waals surface area contributed by atoms with E-state index in [0.29, 0.717) is 0 Å². The minimum Gasteiger partial charge on any atom is -0.390 e. The normalized spacial score (nSPS) is 15.6. The summed E-state index contributed by atoms with van der Waals surface area (Å²) in [5.41, 5.74) is -2.30. The third-order valence-electron chi connectivity index (χ3n) is 3.01. The zero-order chi connectivity index (χ0) is 20.5. The molecule has 0 radical (unpaired) electrons. The number of hydrogen-bond acceptors (Lipinski definition) is 3. The van der Waals surface area contributed by atoms with E-state index in [1.807, 2.05) is 0 Å². The van der Waals surface area contributed by atoms with Crippen LogP contribution in [-0.2, 0) is 9.47 Å². The predicted molar refractivity (Wildman–Crippen MR) is 72.6 cm³/mol. The molecule has 0 rings (SSSR count). The average Bonchev–Trinajstić information content (AvgIpc) is 2.42. The fourth-order valence-electron chi connectivity index (χ4n) is 1.37. The van der Waals surface area contributed by atoms with Crippen LogP contribution >= 0.6 is 0 Å². The molecule has 0 atom stereocenters. The van der Waals surface area contributed by atoms with Crippen LogP contribution in [0.1, 0.15) is 34.6 Å². The second-order valence-electron chi connectivity index (χ2n) is 7.17. The van der Waals surface area contributed by atoms with Crippen molar-refractivity contribution < 1.29 is 49.7 Å². The smallest absolute Gasteiger partial charge is 0.380 e. The molecule has 0 spiro atoms. The Kier molecular flexibility index (Phi) is 6.95. The van der Waals surface area contributed by atoms with Crippen molar-refractivity contribution in [2.75, 3.05) is 19.8 Å². The van der Waals surface area contributed by atoms with Crippen LogP contribution in [0.25, 0.3) is 0 Å². The molecule has 1 N–H and O–H groups in total. The van der Waals surface area contributed by atoms with Crippen LogP contribution in [0.15, 0.2) is 0 Å². The van der Waals surface area contributed by atoms with Crippen LogP contribution < -0.4 is 0 Å². The highest BCUT2D eigenvalue weighted by Gasteiger charge is 2.80. The first-order chi connectivity index (χ1) is 10.7. The van der Waals surface area contributed by atoms with Gasteiger partial charge in [-0.15, -0.1) is 0 Å². The molecule has 0 saturated carbocycles. The molecule has 152 valence electrons. The second kappa shape index (κ2) is 7.15. The van der Waals surface area contributed by atoms with E-state index in [1.54, 1.807) is 20.8 Å². The zero-order valence-electron chi connectivity index (χ0n) is 14.4. The van der Waals surface area contributed by atoms with Gasteiger partial charge in [0.25, 0.3) is 0 Å². The molecule has 0 aromatic heterocycles. The zero-order valence-corrected chi connectivity index (χ0v) is 14.4. The maximum absolute atomic E-state index is 13.6. The van der Waals surface area contributed by atoms with Crippen molar-refractivity contribution in [3.63, 3.8) is 0 Å². The Balaban J connectivity index is 5.24. The first kappa shape index (κ1) is 24.3. The molecule has 0 saturated heterocycles. The molecule has 0 fully saturated rings. The number of halogens is 8. The first-order valence-electron chi connectivity index (χ1n) is 7.12. The first-order valence-corrected chi connectivity index (χ1v) is 7.12. The van der Waals surface area contributed by atoms with Crippen molar-refractivity contribution in [2.24, 2.45) is 0 Å². The van der Waals surface area contributed by atoms with Crippen molar-refractivity contribution >= 4 is 0 Å². The van der Waals surface area contributed by atoms with Gasteiger partial charge in [-0.3, -0.25) is 0 Å². The third-order valence-corrected chi connectivity index (χ3v) is 3.01. The van der Waals surface area contributed by atoms with Gasteiger partial charge in [-0.2, -0.15) is 35.1 Å². The molecule has 0 aliphatic rings. The SMILES string of the molecule is CC(C)(C)OCC(C)(C)OCC(F)(F)C(F)(F)C(F)(F)C(F)(F)CO. The van der Waals surface area contributed by atoms with Crippen LogP contribution in [0.5, 0.6) is 0 Å². The van der Waals surface area contributed by atoms with Gasteiger partial charge in [0.1, 0.15) is 13.2 Å². The Labute approximate surface area is 140 Å². The van der Waals surface area contributed by atoms with E-state index >= 15 is 0 Å². The topological polar surface area (TPSA) is 38.7 Å². The summed E-state index contributed by atoms with van der Waals surface area (Å²) in [7, 11) is 0. The van der Waals surface area contributed by atoms with Gasteiger partial charge in [-0.1, -0.05) is 0 Å². The van der Waals surface area contributed by atoms with Crippen molar-refractivity contribution in [1.29, 1.82) is 0 Å². The van der Waals surface area contributed by atoms with Crippen LogP contribution in [0.4, 0.5) is 35.1 Å². The molecular weight excluding hydrogens is 368 g/mol. The van der Waals surface area contributed by atoms with Crippen LogP contribution in [0, 0.1) is 0 Å². The Morgan fingerprint density at radius 1 is 0.640 bits per heavy atom. The fraction of sp³-hybridized carbons (Fsp3) is 1.00. The van der Waals surface area contributed by atoms with E-state index in [4.69, 9.17) is 9.84 Å². The predicted octanol–water partition coefficient (Wildman–Crippen LogP) is 4.13. The Bertz CT molecular complexity index is 444.